The van der Waals surface area contributed by atoms with Crippen LogP contribution in [0.4, 0.5) is 0 Å². The number of rotatable bonds is 5. The van der Waals surface area contributed by atoms with E-state index in [2.05, 4.69) is 48.5 Å². The molecule has 5 heteroatoms. The average Bonchev–Trinajstić information content (AvgIpc) is 3.67. The van der Waals surface area contributed by atoms with Gasteiger partial charge in [-0.3, -0.25) is 4.79 Å². The number of hydrogen-bond donors (Lipinski definition) is 2. The smallest absolute Gasteiger partial charge is 0.303 e. The van der Waals surface area contributed by atoms with Gasteiger partial charge in [0.1, 0.15) is 11.7 Å². The second kappa shape index (κ2) is 8.19. The van der Waals surface area contributed by atoms with Gasteiger partial charge in [0.2, 0.25) is 0 Å². The molecule has 0 bridgehead atoms. The van der Waals surface area contributed by atoms with Gasteiger partial charge in [-0.2, -0.15) is 0 Å². The van der Waals surface area contributed by atoms with Gasteiger partial charge in [0.05, 0.1) is 18.3 Å². The summed E-state index contributed by atoms with van der Waals surface area (Å²) in [5.74, 6) is 3.62. The summed E-state index contributed by atoms with van der Waals surface area (Å²) in [6, 6.07) is 0. The van der Waals surface area contributed by atoms with Gasteiger partial charge in [-0.15, -0.1) is 0 Å². The van der Waals surface area contributed by atoms with Crippen LogP contribution in [-0.2, 0) is 14.3 Å². The molecule has 5 aliphatic carbocycles. The molecule has 0 aromatic heterocycles. The van der Waals surface area contributed by atoms with E-state index < -0.39 is 12.2 Å². The molecule has 0 aromatic rings. The summed E-state index contributed by atoms with van der Waals surface area (Å²) in [4.78, 5) is 12.5. The van der Waals surface area contributed by atoms with Gasteiger partial charge in [0, 0.05) is 24.2 Å². The Kier molecular flexibility index (Phi) is 5.88. The van der Waals surface area contributed by atoms with Crippen LogP contribution in [0.15, 0.2) is 0 Å². The van der Waals surface area contributed by atoms with Gasteiger partial charge >= 0.3 is 5.97 Å². The van der Waals surface area contributed by atoms with Crippen molar-refractivity contribution < 1.29 is 24.5 Å². The number of carbonyl (C=O) groups excluding carboxylic acids is 1. The monoisotopic (exact) mass is 516 g/mol. The van der Waals surface area contributed by atoms with Crippen LogP contribution in [-0.4, -0.2) is 46.2 Å². The minimum absolute atomic E-state index is 0.0439. The summed E-state index contributed by atoms with van der Waals surface area (Å²) in [5.41, 5.74) is -0.340. The molecule has 6 rings (SSSR count). The van der Waals surface area contributed by atoms with E-state index in [9.17, 15) is 15.0 Å². The maximum atomic E-state index is 12.5. The first-order chi connectivity index (χ1) is 17.2. The molecule has 1 saturated heterocycles. The van der Waals surface area contributed by atoms with Crippen LogP contribution in [0, 0.1) is 63.6 Å². The highest BCUT2D eigenvalue weighted by molar-refractivity contribution is 5.66. The second-order valence-corrected chi connectivity index (χ2v) is 15.6. The second-order valence-electron chi connectivity index (χ2n) is 15.6. The molecular formula is C32H52O5. The van der Waals surface area contributed by atoms with Crippen molar-refractivity contribution >= 4 is 5.97 Å². The standard InChI is InChI=1S/C32H52O5/c1-16(2)18(4)29(6)15-24(29)17(3)22-9-10-23-21-13-25-32(37-25)14-20(34)11-12-30(32,7)26(21)27(35)28(31(22,23)8)36-19(5)33/h16-18,20-28,34-35H,9-15H2,1-8H3/t17-,18+,20-,21-,22+,23?,24+,25+,26?,27-,28+,29+,30+,31+,32+/m0/s1. The van der Waals surface area contributed by atoms with E-state index in [1.54, 1.807) is 0 Å². The largest absolute Gasteiger partial charge is 0.459 e. The molecule has 210 valence electrons. The highest BCUT2D eigenvalue weighted by atomic mass is 16.6. The van der Waals surface area contributed by atoms with Gasteiger partial charge in [0.15, 0.2) is 0 Å². The Morgan fingerprint density at radius 1 is 1.00 bits per heavy atom. The van der Waals surface area contributed by atoms with Crippen molar-refractivity contribution in [1.82, 2.24) is 0 Å². The van der Waals surface area contributed by atoms with Gasteiger partial charge in [-0.1, -0.05) is 48.5 Å². The predicted octanol–water partition coefficient (Wildman–Crippen LogP) is 5.60. The van der Waals surface area contributed by atoms with Gasteiger partial charge < -0.3 is 19.7 Å². The zero-order valence-electron chi connectivity index (χ0n) is 24.5. The molecular weight excluding hydrogens is 464 g/mol. The Balaban J connectivity index is 1.35. The lowest BCUT2D eigenvalue weighted by Crippen LogP contribution is -2.68. The summed E-state index contributed by atoms with van der Waals surface area (Å²) in [5, 5.41) is 22.8. The highest BCUT2D eigenvalue weighted by Crippen LogP contribution is 2.76. The van der Waals surface area contributed by atoms with Crippen molar-refractivity contribution in [2.45, 2.75) is 130 Å². The zero-order valence-corrected chi connectivity index (χ0v) is 24.5. The number of aliphatic hydroxyl groups is 2. The molecule has 15 atom stereocenters. The number of aliphatic hydroxyl groups excluding tert-OH is 2. The highest BCUT2D eigenvalue weighted by Gasteiger charge is 2.79. The van der Waals surface area contributed by atoms with Crippen molar-refractivity contribution in [3.63, 3.8) is 0 Å². The van der Waals surface area contributed by atoms with E-state index in [1.807, 2.05) is 0 Å². The lowest BCUT2D eigenvalue weighted by Gasteiger charge is -2.63. The molecule has 1 aliphatic heterocycles. The molecule has 1 spiro atoms. The van der Waals surface area contributed by atoms with Crippen LogP contribution < -0.4 is 0 Å². The van der Waals surface area contributed by atoms with Crippen molar-refractivity contribution in [3.05, 3.63) is 0 Å². The normalized spacial score (nSPS) is 57.4. The fourth-order valence-electron chi connectivity index (χ4n) is 11.7. The number of fused-ring (bicyclic) bond motifs is 4. The zero-order chi connectivity index (χ0) is 26.9. The maximum absolute atomic E-state index is 12.5. The van der Waals surface area contributed by atoms with Crippen molar-refractivity contribution in [2.24, 2.45) is 63.6 Å². The molecule has 0 aromatic carbocycles. The number of hydrogen-bond acceptors (Lipinski definition) is 5. The lowest BCUT2D eigenvalue weighted by molar-refractivity contribution is -0.236. The van der Waals surface area contributed by atoms with Crippen LogP contribution in [0.2, 0.25) is 0 Å². The summed E-state index contributed by atoms with van der Waals surface area (Å²) in [6.07, 6.45) is 5.60. The van der Waals surface area contributed by atoms with Crippen LogP contribution in [0.3, 0.4) is 0 Å². The number of ether oxygens (including phenoxy) is 2. The van der Waals surface area contributed by atoms with Gasteiger partial charge in [-0.05, 0) is 91.3 Å². The molecule has 2 N–H and O–H groups in total. The quantitative estimate of drug-likeness (QED) is 0.367. The maximum Gasteiger partial charge on any atom is 0.303 e. The van der Waals surface area contributed by atoms with Gasteiger partial charge in [-0.25, -0.2) is 0 Å². The minimum Gasteiger partial charge on any atom is -0.459 e. The van der Waals surface area contributed by atoms with Crippen LogP contribution in [0.5, 0.6) is 0 Å². The first-order valence-electron chi connectivity index (χ1n) is 15.4. The fourth-order valence-corrected chi connectivity index (χ4v) is 11.7. The number of esters is 1. The Hall–Kier alpha value is -0.650. The molecule has 6 aliphatic rings. The number of epoxide rings is 1. The third kappa shape index (κ3) is 3.35. The summed E-state index contributed by atoms with van der Waals surface area (Å²) in [6.45, 7) is 18.3. The fraction of sp³-hybridized carbons (Fsp3) is 0.969. The third-order valence-electron chi connectivity index (χ3n) is 14.1. The van der Waals surface area contributed by atoms with Crippen molar-refractivity contribution in [3.8, 4) is 0 Å². The summed E-state index contributed by atoms with van der Waals surface area (Å²) < 4.78 is 12.7. The Labute approximate surface area is 224 Å². The first kappa shape index (κ1) is 26.6. The Morgan fingerprint density at radius 2 is 1.70 bits per heavy atom. The molecule has 37 heavy (non-hydrogen) atoms. The predicted molar refractivity (Wildman–Crippen MR) is 142 cm³/mol. The van der Waals surface area contributed by atoms with E-state index in [4.69, 9.17) is 9.47 Å². The first-order valence-corrected chi connectivity index (χ1v) is 15.4. The summed E-state index contributed by atoms with van der Waals surface area (Å²) >= 11 is 0. The SMILES string of the molecule is CC(=O)O[C@@H]1[C@@H](O)C2[C@@H](C[C@H]3O[C@]34C[C@@H](O)CC[C@]24C)C2CC[C@H]([C@H](C)[C@H]3C[C@]3(C)[C@H](C)C(C)C)[C@]21C. The van der Waals surface area contributed by atoms with Gasteiger partial charge in [0.25, 0.3) is 0 Å². The number of carbonyl (C=O) groups is 1. The topological polar surface area (TPSA) is 79.3 Å². The average molecular weight is 517 g/mol. The van der Waals surface area contributed by atoms with E-state index in [0.717, 1.165) is 32.1 Å². The van der Waals surface area contributed by atoms with Crippen LogP contribution in [0.25, 0.3) is 0 Å². The molecule has 5 saturated carbocycles. The van der Waals surface area contributed by atoms with Crippen LogP contribution in [0.1, 0.15) is 100 Å². The molecule has 1 heterocycles. The van der Waals surface area contributed by atoms with E-state index >= 15 is 0 Å². The van der Waals surface area contributed by atoms with Crippen LogP contribution >= 0.6 is 0 Å². The molecule has 0 amide bonds. The van der Waals surface area contributed by atoms with E-state index in [1.165, 1.54) is 13.3 Å². The minimum atomic E-state index is -0.689. The van der Waals surface area contributed by atoms with Crippen molar-refractivity contribution in [2.75, 3.05) is 0 Å². The Morgan fingerprint density at radius 3 is 2.35 bits per heavy atom. The van der Waals surface area contributed by atoms with E-state index in [-0.39, 0.29) is 40.5 Å². The molecule has 0 radical (unpaired) electrons. The molecule has 6 fully saturated rings. The van der Waals surface area contributed by atoms with Crippen molar-refractivity contribution in [1.29, 1.82) is 0 Å². The third-order valence-corrected chi connectivity index (χ3v) is 14.1. The molecule has 2 unspecified atom stereocenters. The summed E-state index contributed by atoms with van der Waals surface area (Å²) in [7, 11) is 0. The van der Waals surface area contributed by atoms with E-state index in [0.29, 0.717) is 53.3 Å². The Bertz CT molecular complexity index is 949. The lowest BCUT2D eigenvalue weighted by atomic mass is 9.42. The molecule has 5 nitrogen and oxygen atoms in total.